The van der Waals surface area contributed by atoms with Crippen LogP contribution in [0.25, 0.3) is 0 Å². The van der Waals surface area contributed by atoms with E-state index in [-0.39, 0.29) is 11.3 Å². The Kier molecular flexibility index (Phi) is 3.79. The first-order chi connectivity index (χ1) is 15.5. The van der Waals surface area contributed by atoms with E-state index in [4.69, 9.17) is 9.60 Å². The van der Waals surface area contributed by atoms with E-state index in [1.807, 2.05) is 6.92 Å². The van der Waals surface area contributed by atoms with Crippen molar-refractivity contribution >= 4 is 0 Å². The number of rotatable bonds is 5. The number of hydrogen-bond acceptors (Lipinski definition) is 0. The Labute approximate surface area is 180 Å². The summed E-state index contributed by atoms with van der Waals surface area (Å²) in [7, 11) is 0. The van der Waals surface area contributed by atoms with E-state index in [1.165, 1.54) is 32.1 Å². The third kappa shape index (κ3) is 3.44. The van der Waals surface area contributed by atoms with Crippen LogP contribution in [0.3, 0.4) is 0 Å². The van der Waals surface area contributed by atoms with Crippen molar-refractivity contribution in [2.24, 2.45) is 52.3 Å². The zero-order chi connectivity index (χ0) is 25.5. The van der Waals surface area contributed by atoms with E-state index in [9.17, 15) is 0 Å². The molecule has 0 saturated heterocycles. The summed E-state index contributed by atoms with van der Waals surface area (Å²) in [5, 5.41) is 0. The molecule has 0 bridgehead atoms. The maximum Gasteiger partial charge on any atom is 0.0272 e. The first-order valence-electron chi connectivity index (χ1n) is 15.5. The summed E-state index contributed by atoms with van der Waals surface area (Å²) in [6, 6.07) is 0. The highest BCUT2D eigenvalue weighted by Gasteiger charge is 2.59. The van der Waals surface area contributed by atoms with E-state index < -0.39 is 36.8 Å². The van der Waals surface area contributed by atoms with Crippen LogP contribution in [0.5, 0.6) is 0 Å². The Hall–Kier alpha value is 0. The van der Waals surface area contributed by atoms with Crippen molar-refractivity contribution < 1.29 is 9.60 Å². The minimum Gasteiger partial charge on any atom is -0.0628 e. The van der Waals surface area contributed by atoms with Crippen molar-refractivity contribution in [1.29, 1.82) is 0 Å². The van der Waals surface area contributed by atoms with Crippen LogP contribution in [0.1, 0.15) is 128 Å². The number of hydrogen-bond donors (Lipinski definition) is 0. The Morgan fingerprint density at radius 2 is 1.67 bits per heavy atom. The topological polar surface area (TPSA) is 0 Å². The van der Waals surface area contributed by atoms with Crippen LogP contribution < -0.4 is 0 Å². The standard InChI is InChI=1S/C27H48/c1-19(2)9-8-10-20(3)23-14-15-24-22-13-12-21-11-6-7-17-26(21,4)25(22)16-18-27(23,24)5/h19-25H,6-18H2,1-5H3/t20-,21?,22+,23-,24+,25+,26+,27-/m1/s1/i6T2,7T2,11T,17T2/t11?,20-,21?,22+,23-,24+,25+,26+,27-. The van der Waals surface area contributed by atoms with Crippen molar-refractivity contribution in [2.45, 2.75) is 118 Å². The highest BCUT2D eigenvalue weighted by Crippen LogP contribution is 2.68. The summed E-state index contributed by atoms with van der Waals surface area (Å²) < 4.78 is 60.8. The van der Waals surface area contributed by atoms with Gasteiger partial charge >= 0.3 is 0 Å². The molecule has 156 valence electrons. The quantitative estimate of drug-likeness (QED) is 0.444. The Bertz CT molecular complexity index is 764. The molecule has 4 rings (SSSR count). The van der Waals surface area contributed by atoms with Crippen molar-refractivity contribution in [3.05, 3.63) is 0 Å². The zero-order valence-corrected chi connectivity index (χ0v) is 18.5. The third-order valence-corrected chi connectivity index (χ3v) is 9.68. The molecule has 0 aromatic rings. The van der Waals surface area contributed by atoms with Gasteiger partial charge in [0, 0.05) is 9.60 Å². The van der Waals surface area contributed by atoms with Crippen LogP contribution in [-0.4, -0.2) is 0 Å². The summed E-state index contributed by atoms with van der Waals surface area (Å²) in [5.74, 6) is 2.69. The van der Waals surface area contributed by atoms with Gasteiger partial charge in [0.25, 0.3) is 0 Å². The molecule has 0 spiro atoms. The van der Waals surface area contributed by atoms with Gasteiger partial charge < -0.3 is 0 Å². The summed E-state index contributed by atoms with van der Waals surface area (Å²) in [5.41, 5.74) is -0.725. The van der Waals surface area contributed by atoms with Crippen molar-refractivity contribution in [1.82, 2.24) is 0 Å². The zero-order valence-electron chi connectivity index (χ0n) is 25.5. The van der Waals surface area contributed by atoms with Gasteiger partial charge in [0.2, 0.25) is 0 Å². The molecule has 9 atom stereocenters. The molecule has 0 N–H and O–H groups in total. The summed E-state index contributed by atoms with van der Waals surface area (Å²) in [4.78, 5) is 0. The fraction of sp³-hybridized carbons (Fsp3) is 1.00. The van der Waals surface area contributed by atoms with Gasteiger partial charge in [-0.1, -0.05) is 66.6 Å². The fourth-order valence-corrected chi connectivity index (χ4v) is 8.16. The molecule has 0 radical (unpaired) electrons. The fourth-order valence-electron chi connectivity index (χ4n) is 8.16. The molecule has 0 aromatic heterocycles. The molecule has 4 aliphatic carbocycles. The predicted octanol–water partition coefficient (Wildman–Crippen LogP) is 8.50. The maximum absolute atomic E-state index is 9.04. The van der Waals surface area contributed by atoms with Gasteiger partial charge in [-0.05, 0) is 104 Å². The molecular formula is C27H48. The first kappa shape index (κ1) is 13.3. The Morgan fingerprint density at radius 1 is 0.889 bits per heavy atom. The van der Waals surface area contributed by atoms with Crippen molar-refractivity contribution in [3.8, 4) is 0 Å². The van der Waals surface area contributed by atoms with E-state index in [0.717, 1.165) is 25.2 Å². The van der Waals surface area contributed by atoms with Crippen LogP contribution >= 0.6 is 0 Å². The average molecular weight is 387 g/mol. The molecule has 0 heteroatoms. The average Bonchev–Trinajstić information content (AvgIpc) is 3.09. The van der Waals surface area contributed by atoms with Crippen LogP contribution in [0.15, 0.2) is 0 Å². The van der Waals surface area contributed by atoms with Crippen molar-refractivity contribution in [3.63, 3.8) is 0 Å². The molecule has 0 nitrogen and oxygen atoms in total. The molecule has 4 saturated carbocycles. The Morgan fingerprint density at radius 3 is 2.44 bits per heavy atom. The molecule has 0 heterocycles. The van der Waals surface area contributed by atoms with Gasteiger partial charge in [0.1, 0.15) is 0 Å². The lowest BCUT2D eigenvalue weighted by Crippen LogP contribution is -2.53. The lowest BCUT2D eigenvalue weighted by Gasteiger charge is -2.61. The second kappa shape index (κ2) is 7.68. The summed E-state index contributed by atoms with van der Waals surface area (Å²) in [6.45, 7) is 11.4. The van der Waals surface area contributed by atoms with E-state index in [2.05, 4.69) is 27.7 Å². The van der Waals surface area contributed by atoms with Gasteiger partial charge in [-0.2, -0.15) is 0 Å². The van der Waals surface area contributed by atoms with E-state index in [1.54, 1.807) is 0 Å². The molecule has 0 amide bonds. The van der Waals surface area contributed by atoms with Gasteiger partial charge in [0.05, 0.1) is 0 Å². The highest BCUT2D eigenvalue weighted by molar-refractivity contribution is 5.09. The minimum atomic E-state index is -2.68. The van der Waals surface area contributed by atoms with Crippen LogP contribution in [0, 0.1) is 52.3 Å². The van der Waals surface area contributed by atoms with Gasteiger partial charge in [-0.15, -0.1) is 0 Å². The normalized spacial score (nSPS) is 60.1. The molecule has 4 fully saturated rings. The summed E-state index contributed by atoms with van der Waals surface area (Å²) in [6.07, 6.45) is 1.20. The predicted molar refractivity (Wildman–Crippen MR) is 118 cm³/mol. The second-order valence-electron chi connectivity index (χ2n) is 11.4. The number of fused-ring (bicyclic) bond motifs is 5. The third-order valence-electron chi connectivity index (χ3n) is 9.68. The summed E-state index contributed by atoms with van der Waals surface area (Å²) >= 11 is 0. The smallest absolute Gasteiger partial charge is 0.0272 e. The van der Waals surface area contributed by atoms with E-state index >= 15 is 0 Å². The molecule has 2 unspecified atom stereocenters. The van der Waals surface area contributed by atoms with Crippen LogP contribution in [0.2, 0.25) is 0 Å². The van der Waals surface area contributed by atoms with Crippen LogP contribution in [-0.2, 0) is 0 Å². The van der Waals surface area contributed by atoms with Gasteiger partial charge in [0.15, 0.2) is 0 Å². The largest absolute Gasteiger partial charge is 0.0628 e. The second-order valence-corrected chi connectivity index (χ2v) is 11.4. The van der Waals surface area contributed by atoms with Gasteiger partial charge in [-0.3, -0.25) is 0 Å². The SMILES string of the molecule is [3H]C1C2CC[C@H]3[C@@H]4CC[C@H]([C@H](C)CCCC(C)C)[C@@]4(C)CC[C@@H]3[C@@]2(C)C([3H])([3H])C([3H])([3H])C1([3H])[3H]. The Balaban J connectivity index is 1.61. The molecular weight excluding hydrogens is 324 g/mol. The lowest BCUT2D eigenvalue weighted by atomic mass is 9.44. The highest BCUT2D eigenvalue weighted by atomic mass is 14.6. The molecule has 4 aliphatic rings. The maximum atomic E-state index is 9.04. The molecule has 0 aliphatic heterocycles. The molecule has 27 heavy (non-hydrogen) atoms. The van der Waals surface area contributed by atoms with Crippen LogP contribution in [0.4, 0.5) is 0 Å². The first-order valence-corrected chi connectivity index (χ1v) is 12.0. The monoisotopic (exact) mass is 386 g/mol. The lowest BCUT2D eigenvalue weighted by molar-refractivity contribution is -0.114. The van der Waals surface area contributed by atoms with E-state index in [0.29, 0.717) is 30.1 Å². The molecule has 0 aromatic carbocycles. The van der Waals surface area contributed by atoms with Gasteiger partial charge in [-0.25, -0.2) is 0 Å². The minimum absolute atomic E-state index is 0.0355. The van der Waals surface area contributed by atoms with Crippen molar-refractivity contribution in [2.75, 3.05) is 0 Å².